The van der Waals surface area contributed by atoms with Gasteiger partial charge in [0, 0.05) is 12.5 Å². The SMILES string of the molecule is COc1ccc(C(CN)C(O)CC(C)C(C)(C)C)cc1. The van der Waals surface area contributed by atoms with E-state index in [4.69, 9.17) is 10.5 Å². The van der Waals surface area contributed by atoms with E-state index >= 15 is 0 Å². The smallest absolute Gasteiger partial charge is 0.118 e. The van der Waals surface area contributed by atoms with Crippen molar-refractivity contribution in [3.63, 3.8) is 0 Å². The summed E-state index contributed by atoms with van der Waals surface area (Å²) in [7, 11) is 1.65. The normalized spacial score (nSPS) is 16.6. The first-order chi connectivity index (χ1) is 9.29. The highest BCUT2D eigenvalue weighted by Gasteiger charge is 2.27. The third kappa shape index (κ3) is 4.50. The fraction of sp³-hybridized carbons (Fsp3) is 0.647. The molecule has 3 nitrogen and oxygen atoms in total. The first-order valence-electron chi connectivity index (χ1n) is 7.31. The Bertz CT molecular complexity index is 394. The summed E-state index contributed by atoms with van der Waals surface area (Å²) < 4.78 is 5.16. The van der Waals surface area contributed by atoms with Crippen LogP contribution in [0.1, 0.15) is 45.6 Å². The van der Waals surface area contributed by atoms with E-state index < -0.39 is 6.10 Å². The van der Waals surface area contributed by atoms with E-state index in [1.54, 1.807) is 7.11 Å². The van der Waals surface area contributed by atoms with Crippen molar-refractivity contribution >= 4 is 0 Å². The van der Waals surface area contributed by atoms with E-state index in [9.17, 15) is 5.11 Å². The predicted molar refractivity (Wildman–Crippen MR) is 84.0 cm³/mol. The molecule has 0 aliphatic carbocycles. The molecular formula is C17H29NO2. The van der Waals surface area contributed by atoms with Crippen molar-refractivity contribution in [2.75, 3.05) is 13.7 Å². The summed E-state index contributed by atoms with van der Waals surface area (Å²) in [4.78, 5) is 0. The first kappa shape index (κ1) is 17.0. The summed E-state index contributed by atoms with van der Waals surface area (Å²) in [5, 5.41) is 10.5. The number of hydrogen-bond acceptors (Lipinski definition) is 3. The van der Waals surface area contributed by atoms with Gasteiger partial charge in [-0.15, -0.1) is 0 Å². The zero-order chi connectivity index (χ0) is 15.3. The molecule has 1 aromatic carbocycles. The maximum absolute atomic E-state index is 10.5. The average molecular weight is 279 g/mol. The maximum atomic E-state index is 10.5. The molecule has 0 fully saturated rings. The third-order valence-electron chi connectivity index (χ3n) is 4.34. The van der Waals surface area contributed by atoms with Crippen molar-refractivity contribution in [2.24, 2.45) is 17.1 Å². The minimum Gasteiger partial charge on any atom is -0.497 e. The molecule has 20 heavy (non-hydrogen) atoms. The van der Waals surface area contributed by atoms with Gasteiger partial charge in [0.05, 0.1) is 13.2 Å². The van der Waals surface area contributed by atoms with Crippen LogP contribution < -0.4 is 10.5 Å². The van der Waals surface area contributed by atoms with Crippen LogP contribution in [-0.4, -0.2) is 24.9 Å². The van der Waals surface area contributed by atoms with Gasteiger partial charge in [-0.2, -0.15) is 0 Å². The summed E-state index contributed by atoms with van der Waals surface area (Å²) >= 11 is 0. The van der Waals surface area contributed by atoms with E-state index in [1.165, 1.54) is 0 Å². The summed E-state index contributed by atoms with van der Waals surface area (Å²) in [6.45, 7) is 9.24. The van der Waals surface area contributed by atoms with Gasteiger partial charge >= 0.3 is 0 Å². The highest BCUT2D eigenvalue weighted by atomic mass is 16.5. The molecule has 0 aliphatic rings. The van der Waals surface area contributed by atoms with Crippen LogP contribution in [0.3, 0.4) is 0 Å². The van der Waals surface area contributed by atoms with Gasteiger partial charge in [0.2, 0.25) is 0 Å². The van der Waals surface area contributed by atoms with Crippen molar-refractivity contribution < 1.29 is 9.84 Å². The van der Waals surface area contributed by atoms with E-state index in [2.05, 4.69) is 27.7 Å². The largest absolute Gasteiger partial charge is 0.497 e. The van der Waals surface area contributed by atoms with Gasteiger partial charge in [0.1, 0.15) is 5.75 Å². The van der Waals surface area contributed by atoms with Crippen LogP contribution in [0.4, 0.5) is 0 Å². The monoisotopic (exact) mass is 279 g/mol. The number of nitrogens with two attached hydrogens (primary N) is 1. The van der Waals surface area contributed by atoms with E-state index in [1.807, 2.05) is 24.3 Å². The Morgan fingerprint density at radius 2 is 1.75 bits per heavy atom. The van der Waals surface area contributed by atoms with Gasteiger partial charge in [0.15, 0.2) is 0 Å². The fourth-order valence-electron chi connectivity index (χ4n) is 2.25. The number of ether oxygens (including phenoxy) is 1. The second kappa shape index (κ2) is 7.09. The molecule has 0 amide bonds. The van der Waals surface area contributed by atoms with Crippen molar-refractivity contribution in [1.82, 2.24) is 0 Å². The molecule has 3 heteroatoms. The zero-order valence-electron chi connectivity index (χ0n) is 13.4. The quantitative estimate of drug-likeness (QED) is 0.841. The molecule has 0 saturated carbocycles. The summed E-state index contributed by atoms with van der Waals surface area (Å²) in [6, 6.07) is 7.80. The van der Waals surface area contributed by atoms with Crippen molar-refractivity contribution in [3.05, 3.63) is 29.8 Å². The first-order valence-corrected chi connectivity index (χ1v) is 7.31. The number of hydrogen-bond donors (Lipinski definition) is 2. The lowest BCUT2D eigenvalue weighted by molar-refractivity contribution is 0.0894. The van der Waals surface area contributed by atoms with Gasteiger partial charge in [0.25, 0.3) is 0 Å². The number of aliphatic hydroxyl groups is 1. The molecule has 1 rings (SSSR count). The van der Waals surface area contributed by atoms with Crippen LogP contribution in [-0.2, 0) is 0 Å². The van der Waals surface area contributed by atoms with E-state index in [0.29, 0.717) is 12.5 Å². The minimum absolute atomic E-state index is 0.0225. The molecule has 3 unspecified atom stereocenters. The Balaban J connectivity index is 2.78. The Hall–Kier alpha value is -1.06. The predicted octanol–water partition coefficient (Wildman–Crippen LogP) is 3.17. The van der Waals surface area contributed by atoms with Gasteiger partial charge in [-0.3, -0.25) is 0 Å². The summed E-state index contributed by atoms with van der Waals surface area (Å²) in [5.41, 5.74) is 7.14. The number of methoxy groups -OCH3 is 1. The molecule has 0 aromatic heterocycles. The maximum Gasteiger partial charge on any atom is 0.118 e. The van der Waals surface area contributed by atoms with Gasteiger partial charge in [-0.25, -0.2) is 0 Å². The molecule has 3 N–H and O–H groups in total. The highest BCUT2D eigenvalue weighted by Crippen LogP contribution is 2.32. The van der Waals surface area contributed by atoms with Crippen molar-refractivity contribution in [1.29, 1.82) is 0 Å². The van der Waals surface area contributed by atoms with Crippen LogP contribution in [0.5, 0.6) is 5.75 Å². The molecular weight excluding hydrogens is 250 g/mol. The zero-order valence-corrected chi connectivity index (χ0v) is 13.4. The fourth-order valence-corrected chi connectivity index (χ4v) is 2.25. The van der Waals surface area contributed by atoms with Crippen LogP contribution in [0, 0.1) is 11.3 Å². The second-order valence-electron chi connectivity index (χ2n) is 6.69. The molecule has 0 aliphatic heterocycles. The lowest BCUT2D eigenvalue weighted by atomic mass is 9.76. The Morgan fingerprint density at radius 3 is 2.15 bits per heavy atom. The molecule has 0 spiro atoms. The van der Waals surface area contributed by atoms with Gasteiger partial charge in [-0.1, -0.05) is 39.8 Å². The van der Waals surface area contributed by atoms with Gasteiger partial charge in [-0.05, 0) is 35.4 Å². The molecule has 0 radical (unpaired) electrons. The number of rotatable bonds is 6. The van der Waals surface area contributed by atoms with Crippen LogP contribution in [0.15, 0.2) is 24.3 Å². The average Bonchev–Trinajstić information content (AvgIpc) is 2.39. The van der Waals surface area contributed by atoms with Crippen LogP contribution >= 0.6 is 0 Å². The van der Waals surface area contributed by atoms with Crippen molar-refractivity contribution in [3.8, 4) is 5.75 Å². The Kier molecular flexibility index (Phi) is 6.03. The van der Waals surface area contributed by atoms with Crippen LogP contribution in [0.2, 0.25) is 0 Å². The Morgan fingerprint density at radius 1 is 1.20 bits per heavy atom. The van der Waals surface area contributed by atoms with E-state index in [0.717, 1.165) is 17.7 Å². The molecule has 0 saturated heterocycles. The molecule has 1 aromatic rings. The summed E-state index contributed by atoms with van der Waals surface area (Å²) in [5.74, 6) is 1.23. The molecule has 3 atom stereocenters. The van der Waals surface area contributed by atoms with E-state index in [-0.39, 0.29) is 11.3 Å². The lowest BCUT2D eigenvalue weighted by Gasteiger charge is -2.32. The van der Waals surface area contributed by atoms with Crippen LogP contribution in [0.25, 0.3) is 0 Å². The highest BCUT2D eigenvalue weighted by molar-refractivity contribution is 5.30. The molecule has 0 heterocycles. The standard InChI is InChI=1S/C17H29NO2/c1-12(17(2,3)4)10-16(19)15(11-18)13-6-8-14(20-5)9-7-13/h6-9,12,15-16,19H,10-11,18H2,1-5H3. The second-order valence-corrected chi connectivity index (χ2v) is 6.69. The number of aliphatic hydroxyl groups excluding tert-OH is 1. The third-order valence-corrected chi connectivity index (χ3v) is 4.34. The number of benzene rings is 1. The molecule has 114 valence electrons. The lowest BCUT2D eigenvalue weighted by Crippen LogP contribution is -2.30. The summed E-state index contributed by atoms with van der Waals surface area (Å²) in [6.07, 6.45) is 0.347. The molecule has 0 bridgehead atoms. The van der Waals surface area contributed by atoms with Crippen molar-refractivity contribution in [2.45, 2.75) is 46.1 Å². The topological polar surface area (TPSA) is 55.5 Å². The minimum atomic E-state index is -0.414. The van der Waals surface area contributed by atoms with Gasteiger partial charge < -0.3 is 15.6 Å². The Labute approximate surface area is 123 Å².